The second kappa shape index (κ2) is 8.19. The van der Waals surface area contributed by atoms with Crippen LogP contribution in [0.3, 0.4) is 0 Å². The molecule has 2 saturated heterocycles. The molecule has 0 radical (unpaired) electrons. The Morgan fingerprint density at radius 3 is 2.49 bits per heavy atom. The van der Waals surface area contributed by atoms with E-state index in [1.54, 1.807) is 54.6 Å². The van der Waals surface area contributed by atoms with Gasteiger partial charge in [-0.05, 0) is 42.0 Å². The van der Waals surface area contributed by atoms with Crippen LogP contribution >= 0.6 is 27.5 Å². The van der Waals surface area contributed by atoms with Gasteiger partial charge in [-0.1, -0.05) is 57.9 Å². The van der Waals surface area contributed by atoms with Gasteiger partial charge in [0.15, 0.2) is 17.3 Å². The molecule has 37 heavy (non-hydrogen) atoms. The molecule has 9 heteroatoms. The summed E-state index contributed by atoms with van der Waals surface area (Å²) >= 11 is 9.76. The fourth-order valence-electron chi connectivity index (χ4n) is 5.90. The van der Waals surface area contributed by atoms with Gasteiger partial charge in [0.2, 0.25) is 18.6 Å². The van der Waals surface area contributed by atoms with Gasteiger partial charge in [0.1, 0.15) is 6.04 Å². The van der Waals surface area contributed by atoms with E-state index in [-0.39, 0.29) is 18.5 Å². The lowest BCUT2D eigenvalue weighted by atomic mass is 9.86. The van der Waals surface area contributed by atoms with Crippen molar-refractivity contribution in [1.29, 1.82) is 0 Å². The van der Waals surface area contributed by atoms with Crippen molar-refractivity contribution in [3.8, 4) is 11.5 Å². The molecule has 2 amide bonds. The van der Waals surface area contributed by atoms with Crippen LogP contribution in [0.5, 0.6) is 11.5 Å². The van der Waals surface area contributed by atoms with Gasteiger partial charge in [0.25, 0.3) is 0 Å². The molecule has 0 bridgehead atoms. The first-order valence-electron chi connectivity index (χ1n) is 11.8. The zero-order valence-corrected chi connectivity index (χ0v) is 21.5. The summed E-state index contributed by atoms with van der Waals surface area (Å²) in [7, 11) is 0. The molecule has 7 nitrogen and oxygen atoms in total. The van der Waals surface area contributed by atoms with Gasteiger partial charge in [0.05, 0.1) is 23.6 Å². The fraction of sp³-hybridized carbons (Fsp3) is 0.179. The van der Waals surface area contributed by atoms with Crippen LogP contribution in [-0.4, -0.2) is 36.5 Å². The minimum Gasteiger partial charge on any atom is -0.454 e. The topological polar surface area (TPSA) is 76.1 Å². The van der Waals surface area contributed by atoms with Gasteiger partial charge in [-0.25, -0.2) is 4.90 Å². The molecule has 4 aliphatic heterocycles. The van der Waals surface area contributed by atoms with E-state index in [0.29, 0.717) is 27.8 Å². The van der Waals surface area contributed by atoms with Crippen molar-refractivity contribution in [2.75, 3.05) is 16.6 Å². The Bertz CT molecular complexity index is 1540. The maximum absolute atomic E-state index is 14.1. The predicted molar refractivity (Wildman–Crippen MR) is 141 cm³/mol. The Balaban J connectivity index is 1.36. The quantitative estimate of drug-likeness (QED) is 0.318. The van der Waals surface area contributed by atoms with E-state index in [2.05, 4.69) is 15.9 Å². The monoisotopic (exact) mass is 576 g/mol. The Hall–Kier alpha value is -3.62. The standard InChI is InChI=1S/C28H18BrClN2O5/c29-16-5-1-15(2-6-16)26(33)25-24-23(19-9-4-14-3-7-17(30)11-20(14)32(19)25)27(34)31(28(24)35)18-8-10-21-22(12-18)37-13-36-21/h1-12,19,23-25H,13H2/t19-,23+,24-,25+/m1/s1. The lowest BCUT2D eigenvalue weighted by molar-refractivity contribution is -0.122. The van der Waals surface area contributed by atoms with Gasteiger partial charge in [-0.15, -0.1) is 0 Å². The van der Waals surface area contributed by atoms with Crippen LogP contribution in [0.25, 0.3) is 6.08 Å². The number of imide groups is 1. The smallest absolute Gasteiger partial charge is 0.240 e. The largest absolute Gasteiger partial charge is 0.454 e. The Labute approximate surface area is 225 Å². The van der Waals surface area contributed by atoms with Crippen molar-refractivity contribution in [2.24, 2.45) is 11.8 Å². The van der Waals surface area contributed by atoms with Gasteiger partial charge < -0.3 is 14.4 Å². The first-order chi connectivity index (χ1) is 17.9. The van der Waals surface area contributed by atoms with E-state index in [4.69, 9.17) is 21.1 Å². The first kappa shape index (κ1) is 22.6. The summed E-state index contributed by atoms with van der Waals surface area (Å²) in [6.45, 7) is 0.0828. The number of Topliss-reactive ketones (excluding diaryl/α,β-unsaturated/α-hetero) is 1. The van der Waals surface area contributed by atoms with E-state index in [1.807, 2.05) is 23.1 Å². The molecule has 0 aromatic heterocycles. The molecule has 0 saturated carbocycles. The summed E-state index contributed by atoms with van der Waals surface area (Å²) in [6, 6.07) is 16.1. The van der Waals surface area contributed by atoms with E-state index in [1.165, 1.54) is 4.90 Å². The number of anilines is 2. The third-order valence-electron chi connectivity index (χ3n) is 7.48. The Morgan fingerprint density at radius 1 is 0.919 bits per heavy atom. The van der Waals surface area contributed by atoms with Gasteiger partial charge in [0, 0.05) is 26.8 Å². The molecule has 4 aliphatic rings. The van der Waals surface area contributed by atoms with Gasteiger partial charge in [-0.3, -0.25) is 14.4 Å². The minimum atomic E-state index is -0.881. The highest BCUT2D eigenvalue weighted by atomic mass is 79.9. The number of hydrogen-bond acceptors (Lipinski definition) is 6. The highest BCUT2D eigenvalue weighted by Crippen LogP contribution is 2.51. The molecule has 3 aromatic rings. The molecule has 0 unspecified atom stereocenters. The number of carbonyl (C=O) groups is 3. The third-order valence-corrected chi connectivity index (χ3v) is 8.25. The van der Waals surface area contributed by atoms with Crippen LogP contribution in [0.1, 0.15) is 15.9 Å². The summed E-state index contributed by atoms with van der Waals surface area (Å²) in [5.41, 5.74) is 2.48. The van der Waals surface area contributed by atoms with E-state index >= 15 is 0 Å². The summed E-state index contributed by atoms with van der Waals surface area (Å²) in [5.74, 6) is -1.54. The number of ether oxygens (including phenoxy) is 2. The maximum Gasteiger partial charge on any atom is 0.240 e. The van der Waals surface area contributed by atoms with E-state index in [0.717, 1.165) is 15.7 Å². The van der Waals surface area contributed by atoms with Crippen molar-refractivity contribution in [2.45, 2.75) is 12.1 Å². The number of ketones is 1. The van der Waals surface area contributed by atoms with Crippen LogP contribution in [0.2, 0.25) is 5.02 Å². The normalized spacial score (nSPS) is 24.8. The molecule has 0 aliphatic carbocycles. The van der Waals surface area contributed by atoms with Crippen LogP contribution in [-0.2, 0) is 9.59 Å². The highest BCUT2D eigenvalue weighted by molar-refractivity contribution is 9.10. The number of carbonyl (C=O) groups excluding carboxylic acids is 3. The van der Waals surface area contributed by atoms with Gasteiger partial charge in [-0.2, -0.15) is 0 Å². The Kier molecular flexibility index (Phi) is 5.00. The fourth-order valence-corrected chi connectivity index (χ4v) is 6.33. The molecule has 3 aromatic carbocycles. The lowest BCUT2D eigenvalue weighted by Crippen LogP contribution is -2.48. The summed E-state index contributed by atoms with van der Waals surface area (Å²) < 4.78 is 11.7. The SMILES string of the molecule is O=C(c1ccc(Br)cc1)[C@@H]1[C@@H]2C(=O)N(c3ccc4c(c3)OCO4)C(=O)[C@H]2[C@H]2C=Cc3ccc(Cl)cc3N21. The molecular formula is C28H18BrClN2O5. The molecule has 4 atom stereocenters. The average molecular weight is 578 g/mol. The zero-order chi connectivity index (χ0) is 25.4. The second-order valence-corrected chi connectivity index (χ2v) is 10.7. The number of fused-ring (bicyclic) bond motifs is 6. The Morgan fingerprint density at radius 2 is 1.68 bits per heavy atom. The van der Waals surface area contributed by atoms with E-state index in [9.17, 15) is 14.4 Å². The first-order valence-corrected chi connectivity index (χ1v) is 12.9. The summed E-state index contributed by atoms with van der Waals surface area (Å²) in [4.78, 5) is 45.1. The van der Waals surface area contributed by atoms with Crippen molar-refractivity contribution < 1.29 is 23.9 Å². The number of rotatable bonds is 3. The molecule has 2 fully saturated rings. The lowest BCUT2D eigenvalue weighted by Gasteiger charge is -2.36. The summed E-state index contributed by atoms with van der Waals surface area (Å²) in [6.07, 6.45) is 3.84. The summed E-state index contributed by atoms with van der Waals surface area (Å²) in [5, 5.41) is 0.513. The van der Waals surface area contributed by atoms with Crippen LogP contribution in [0.4, 0.5) is 11.4 Å². The molecular weight excluding hydrogens is 560 g/mol. The second-order valence-electron chi connectivity index (χ2n) is 9.38. The van der Waals surface area contributed by atoms with Crippen LogP contribution in [0.15, 0.2) is 71.2 Å². The average Bonchev–Trinajstić information content (AvgIpc) is 3.57. The molecule has 7 rings (SSSR count). The highest BCUT2D eigenvalue weighted by Gasteiger charge is 2.64. The number of amides is 2. The van der Waals surface area contributed by atoms with Gasteiger partial charge >= 0.3 is 0 Å². The van der Waals surface area contributed by atoms with Crippen LogP contribution < -0.4 is 19.3 Å². The number of halogens is 2. The molecule has 4 heterocycles. The maximum atomic E-state index is 14.1. The van der Waals surface area contributed by atoms with Crippen LogP contribution in [0, 0.1) is 11.8 Å². The van der Waals surface area contributed by atoms with E-state index < -0.39 is 29.8 Å². The third kappa shape index (κ3) is 3.29. The number of nitrogens with zero attached hydrogens (tertiary/aromatic N) is 2. The zero-order valence-electron chi connectivity index (χ0n) is 19.1. The van der Waals surface area contributed by atoms with Crippen molar-refractivity contribution in [1.82, 2.24) is 0 Å². The minimum absolute atomic E-state index is 0.0828. The molecule has 184 valence electrons. The molecule has 0 N–H and O–H groups in total. The predicted octanol–water partition coefficient (Wildman–Crippen LogP) is 5.10. The molecule has 0 spiro atoms. The van der Waals surface area contributed by atoms with Crippen molar-refractivity contribution >= 4 is 62.6 Å². The van der Waals surface area contributed by atoms with Crippen molar-refractivity contribution in [3.05, 3.63) is 87.4 Å². The number of benzene rings is 3. The van der Waals surface area contributed by atoms with Crippen molar-refractivity contribution in [3.63, 3.8) is 0 Å². The number of hydrogen-bond donors (Lipinski definition) is 0.